The van der Waals surface area contributed by atoms with E-state index in [1.165, 1.54) is 0 Å². The second-order valence-corrected chi connectivity index (χ2v) is 5.76. The molecule has 4 heteroatoms. The van der Waals surface area contributed by atoms with Gasteiger partial charge < -0.3 is 11.1 Å². The average molecular weight is 303 g/mol. The predicted molar refractivity (Wildman–Crippen MR) is 87.2 cm³/mol. The minimum atomic E-state index is -0.963. The van der Waals surface area contributed by atoms with E-state index in [2.05, 4.69) is 5.32 Å². The van der Waals surface area contributed by atoms with Gasteiger partial charge in [0.25, 0.3) is 0 Å². The summed E-state index contributed by atoms with van der Waals surface area (Å²) in [5.74, 6) is -0.424. The fourth-order valence-corrected chi connectivity index (χ4v) is 2.63. The lowest BCUT2D eigenvalue weighted by Gasteiger charge is -2.37. The summed E-state index contributed by atoms with van der Waals surface area (Å²) in [6, 6.07) is 16.8. The summed E-state index contributed by atoms with van der Waals surface area (Å²) in [5, 5.41) is 3.95. The van der Waals surface area contributed by atoms with E-state index in [9.17, 15) is 4.79 Å². The fourth-order valence-electron chi connectivity index (χ4n) is 2.50. The van der Waals surface area contributed by atoms with Crippen molar-refractivity contribution in [2.45, 2.75) is 19.4 Å². The maximum absolute atomic E-state index is 12.3. The van der Waals surface area contributed by atoms with Gasteiger partial charge in [0, 0.05) is 10.7 Å². The zero-order valence-electron chi connectivity index (χ0n) is 12.1. The monoisotopic (exact) mass is 302 g/mol. The van der Waals surface area contributed by atoms with Gasteiger partial charge in [0.05, 0.1) is 0 Å². The van der Waals surface area contributed by atoms with Crippen LogP contribution in [0.5, 0.6) is 0 Å². The van der Waals surface area contributed by atoms with Crippen LogP contribution >= 0.6 is 11.6 Å². The van der Waals surface area contributed by atoms with Crippen molar-refractivity contribution in [1.82, 2.24) is 0 Å². The van der Waals surface area contributed by atoms with Gasteiger partial charge in [-0.05, 0) is 35.7 Å². The Kier molecular flexibility index (Phi) is 4.53. The van der Waals surface area contributed by atoms with Crippen molar-refractivity contribution in [1.29, 1.82) is 0 Å². The van der Waals surface area contributed by atoms with Gasteiger partial charge in [0.2, 0.25) is 5.91 Å². The van der Waals surface area contributed by atoms with Gasteiger partial charge in [-0.3, -0.25) is 4.79 Å². The summed E-state index contributed by atoms with van der Waals surface area (Å²) < 4.78 is 0. The molecule has 110 valence electrons. The lowest BCUT2D eigenvalue weighted by molar-refractivity contribution is -0.124. The maximum atomic E-state index is 12.3. The molecule has 3 nitrogen and oxygen atoms in total. The van der Waals surface area contributed by atoms with Gasteiger partial charge in [-0.15, -0.1) is 0 Å². The molecule has 3 N–H and O–H groups in total. The number of carbonyl (C=O) groups excluding carboxylic acids is 1. The van der Waals surface area contributed by atoms with Crippen LogP contribution in [0, 0.1) is 5.92 Å². The van der Waals surface area contributed by atoms with Gasteiger partial charge in [0.15, 0.2) is 0 Å². The van der Waals surface area contributed by atoms with Gasteiger partial charge >= 0.3 is 0 Å². The average Bonchev–Trinajstić information content (AvgIpc) is 2.47. The van der Waals surface area contributed by atoms with Crippen LogP contribution in [0.25, 0.3) is 0 Å². The second-order valence-electron chi connectivity index (χ2n) is 5.32. The van der Waals surface area contributed by atoms with Crippen LogP contribution in [-0.2, 0) is 10.3 Å². The molecule has 1 atom stereocenters. The lowest BCUT2D eigenvalue weighted by atomic mass is 9.79. The van der Waals surface area contributed by atoms with Crippen molar-refractivity contribution in [2.24, 2.45) is 11.7 Å². The predicted octanol–water partition coefficient (Wildman–Crippen LogP) is 3.79. The molecule has 0 spiro atoms. The number of hydrogen-bond donors (Lipinski definition) is 2. The molecule has 0 radical (unpaired) electrons. The molecule has 2 aromatic carbocycles. The first-order chi connectivity index (χ1) is 9.96. The molecule has 0 saturated carbocycles. The Bertz CT molecular complexity index is 610. The number of nitrogens with one attached hydrogen (secondary N) is 1. The molecule has 2 rings (SSSR count). The summed E-state index contributed by atoms with van der Waals surface area (Å²) in [7, 11) is 0. The molecule has 2 aromatic rings. The third-order valence-electron chi connectivity index (χ3n) is 3.67. The van der Waals surface area contributed by atoms with Crippen molar-refractivity contribution in [2.75, 3.05) is 5.32 Å². The van der Waals surface area contributed by atoms with Gasteiger partial charge in [-0.1, -0.05) is 55.8 Å². The second kappa shape index (κ2) is 6.19. The molecule has 0 bridgehead atoms. The van der Waals surface area contributed by atoms with Crippen LogP contribution in [0.4, 0.5) is 5.69 Å². The topological polar surface area (TPSA) is 55.1 Å². The Morgan fingerprint density at radius 3 is 2.14 bits per heavy atom. The number of halogens is 1. The first kappa shape index (κ1) is 15.4. The van der Waals surface area contributed by atoms with Gasteiger partial charge in [0.1, 0.15) is 5.54 Å². The number of hydrogen-bond acceptors (Lipinski definition) is 2. The number of benzene rings is 2. The first-order valence-corrected chi connectivity index (χ1v) is 7.24. The fraction of sp³-hybridized carbons (Fsp3) is 0.235. The molecule has 0 heterocycles. The van der Waals surface area contributed by atoms with Crippen LogP contribution in [0.3, 0.4) is 0 Å². The highest BCUT2D eigenvalue weighted by Gasteiger charge is 2.41. The number of carbonyl (C=O) groups is 1. The highest BCUT2D eigenvalue weighted by atomic mass is 35.5. The Balaban J connectivity index is 2.50. The summed E-state index contributed by atoms with van der Waals surface area (Å²) in [5.41, 5.74) is 6.44. The van der Waals surface area contributed by atoms with E-state index in [0.29, 0.717) is 5.02 Å². The highest BCUT2D eigenvalue weighted by molar-refractivity contribution is 6.30. The van der Waals surface area contributed by atoms with E-state index in [4.69, 9.17) is 17.3 Å². The van der Waals surface area contributed by atoms with Crippen LogP contribution in [0.1, 0.15) is 19.4 Å². The smallest absolute Gasteiger partial charge is 0.248 e. The van der Waals surface area contributed by atoms with Crippen LogP contribution in [-0.4, -0.2) is 5.91 Å². The summed E-state index contributed by atoms with van der Waals surface area (Å²) in [4.78, 5) is 12.3. The van der Waals surface area contributed by atoms with E-state index in [1.54, 1.807) is 12.1 Å². The molecule has 1 unspecified atom stereocenters. The third-order valence-corrected chi connectivity index (χ3v) is 3.92. The zero-order valence-corrected chi connectivity index (χ0v) is 12.9. The van der Waals surface area contributed by atoms with E-state index >= 15 is 0 Å². The van der Waals surface area contributed by atoms with E-state index < -0.39 is 11.4 Å². The molecule has 0 aromatic heterocycles. The summed E-state index contributed by atoms with van der Waals surface area (Å²) in [6.45, 7) is 3.95. The maximum Gasteiger partial charge on any atom is 0.248 e. The number of primary amides is 1. The number of nitrogens with two attached hydrogens (primary N) is 1. The molecule has 0 saturated heterocycles. The van der Waals surface area contributed by atoms with E-state index in [0.717, 1.165) is 11.3 Å². The summed E-state index contributed by atoms with van der Waals surface area (Å²) in [6.07, 6.45) is 0. The molecule has 0 fully saturated rings. The zero-order chi connectivity index (χ0) is 15.5. The van der Waals surface area contributed by atoms with Gasteiger partial charge in [-0.25, -0.2) is 0 Å². The third kappa shape index (κ3) is 3.03. The number of anilines is 1. The Morgan fingerprint density at radius 2 is 1.67 bits per heavy atom. The number of amides is 1. The van der Waals surface area contributed by atoms with Crippen molar-refractivity contribution in [3.8, 4) is 0 Å². The molecule has 0 aliphatic carbocycles. The minimum absolute atomic E-state index is 0.0203. The first-order valence-electron chi connectivity index (χ1n) is 6.86. The number of rotatable bonds is 5. The largest absolute Gasteiger partial charge is 0.367 e. The normalized spacial score (nSPS) is 13.7. The molecule has 21 heavy (non-hydrogen) atoms. The quantitative estimate of drug-likeness (QED) is 0.883. The molecule has 1 amide bonds. The Hall–Kier alpha value is -2.00. The summed E-state index contributed by atoms with van der Waals surface area (Å²) >= 11 is 5.91. The molecular weight excluding hydrogens is 284 g/mol. The molecular formula is C17H19ClN2O. The molecule has 0 aliphatic heterocycles. The van der Waals surface area contributed by atoms with Crippen molar-refractivity contribution in [3.63, 3.8) is 0 Å². The van der Waals surface area contributed by atoms with Crippen LogP contribution < -0.4 is 11.1 Å². The van der Waals surface area contributed by atoms with Gasteiger partial charge in [-0.2, -0.15) is 0 Å². The van der Waals surface area contributed by atoms with E-state index in [-0.39, 0.29) is 5.92 Å². The minimum Gasteiger partial charge on any atom is -0.367 e. The highest BCUT2D eigenvalue weighted by Crippen LogP contribution is 2.34. The van der Waals surface area contributed by atoms with Crippen molar-refractivity contribution in [3.05, 3.63) is 65.2 Å². The lowest BCUT2D eigenvalue weighted by Crippen LogP contribution is -2.51. The van der Waals surface area contributed by atoms with Crippen LogP contribution in [0.2, 0.25) is 5.02 Å². The Labute approximate surface area is 130 Å². The van der Waals surface area contributed by atoms with E-state index in [1.807, 2.05) is 56.3 Å². The van der Waals surface area contributed by atoms with Crippen molar-refractivity contribution >= 4 is 23.2 Å². The SMILES string of the molecule is CC(C)C(Nc1ccc(Cl)cc1)(C(N)=O)c1ccccc1. The standard InChI is InChI=1S/C17H19ClN2O/c1-12(2)17(16(19)21,13-6-4-3-5-7-13)20-15-10-8-14(18)9-11-15/h3-12,20H,1-2H3,(H2,19,21). The van der Waals surface area contributed by atoms with Crippen LogP contribution in [0.15, 0.2) is 54.6 Å². The Morgan fingerprint density at radius 1 is 1.10 bits per heavy atom. The van der Waals surface area contributed by atoms with Crippen molar-refractivity contribution < 1.29 is 4.79 Å². The molecule has 0 aliphatic rings.